The monoisotopic (exact) mass is 494 g/mol. The van der Waals surface area contributed by atoms with E-state index in [1.54, 1.807) is 31.6 Å². The number of rotatable bonds is 5. The van der Waals surface area contributed by atoms with Crippen molar-refractivity contribution < 1.29 is 9.53 Å². The largest absolute Gasteiger partial charge is 0.378 e. The van der Waals surface area contributed by atoms with Crippen molar-refractivity contribution in [2.45, 2.75) is 25.5 Å². The highest BCUT2D eigenvalue weighted by Gasteiger charge is 2.24. The number of nitrogens with one attached hydrogen (secondary N) is 2. The summed E-state index contributed by atoms with van der Waals surface area (Å²) in [5, 5.41) is 3.83. The summed E-state index contributed by atoms with van der Waals surface area (Å²) < 4.78 is 5.97. The fourth-order valence-electron chi connectivity index (χ4n) is 3.70. The number of nitrogens with two attached hydrogens (primary N) is 1. The van der Waals surface area contributed by atoms with Crippen LogP contribution in [0, 0.1) is 0 Å². The number of methoxy groups -OCH3 is 1. The minimum atomic E-state index is -0.287. The highest BCUT2D eigenvalue weighted by molar-refractivity contribution is 9.10. The summed E-state index contributed by atoms with van der Waals surface area (Å²) in [6, 6.07) is 5.43. The second kappa shape index (κ2) is 9.74. The van der Waals surface area contributed by atoms with Gasteiger partial charge in [0.1, 0.15) is 11.3 Å². The van der Waals surface area contributed by atoms with Crippen LogP contribution in [0.2, 0.25) is 0 Å². The first-order chi connectivity index (χ1) is 14.1. The number of ether oxygens (including phenoxy) is 1. The number of nitrogens with zero attached hydrogens (tertiary/aromatic N) is 3. The van der Waals surface area contributed by atoms with Gasteiger partial charge in [-0.3, -0.25) is 4.79 Å². The molecule has 0 aliphatic carbocycles. The third kappa shape index (κ3) is 4.59. The Morgan fingerprint density at radius 1 is 1.47 bits per heavy atom. The number of pyridine rings is 2. The standard InChI is InChI=1S/C20H23BrN6O2.ClH/c1-29-11-13-5-2-6-15(25-13)20(28)26-16-9-24-19-17(16)18(14(21)8-23-19)27-7-3-4-12(22)10-27;/h2,5-6,8-9,12H,3-4,7,10-11,22H2,1H3,(H,23,24)(H,26,28);1H/t12-;/m1./s1. The van der Waals surface area contributed by atoms with E-state index >= 15 is 0 Å². The lowest BCUT2D eigenvalue weighted by atomic mass is 10.1. The maximum atomic E-state index is 12.8. The molecular weight excluding hydrogens is 472 g/mol. The number of carbonyl (C=O) groups excluding carboxylic acids is 1. The zero-order valence-electron chi connectivity index (χ0n) is 16.5. The molecule has 1 aliphatic heterocycles. The van der Waals surface area contributed by atoms with Gasteiger partial charge < -0.3 is 25.7 Å². The Kier molecular flexibility index (Phi) is 7.30. The van der Waals surface area contributed by atoms with Gasteiger partial charge in [-0.05, 0) is 40.9 Å². The fourth-order valence-corrected chi connectivity index (χ4v) is 4.25. The third-order valence-corrected chi connectivity index (χ3v) is 5.56. The van der Waals surface area contributed by atoms with Crippen LogP contribution in [-0.4, -0.2) is 47.1 Å². The van der Waals surface area contributed by atoms with E-state index in [9.17, 15) is 4.79 Å². The van der Waals surface area contributed by atoms with Crippen LogP contribution in [-0.2, 0) is 11.3 Å². The van der Waals surface area contributed by atoms with Crippen molar-refractivity contribution in [3.8, 4) is 0 Å². The Morgan fingerprint density at radius 2 is 2.30 bits per heavy atom. The molecule has 0 bridgehead atoms. The summed E-state index contributed by atoms with van der Waals surface area (Å²) in [6.45, 7) is 2.02. The van der Waals surface area contributed by atoms with Crippen molar-refractivity contribution in [3.63, 3.8) is 0 Å². The van der Waals surface area contributed by atoms with Crippen LogP contribution in [0.15, 0.2) is 35.1 Å². The van der Waals surface area contributed by atoms with E-state index in [1.165, 1.54) is 0 Å². The van der Waals surface area contributed by atoms with Gasteiger partial charge in [0.15, 0.2) is 0 Å². The van der Waals surface area contributed by atoms with Gasteiger partial charge in [0, 0.05) is 38.6 Å². The maximum Gasteiger partial charge on any atom is 0.274 e. The predicted molar refractivity (Wildman–Crippen MR) is 123 cm³/mol. The number of fused-ring (bicyclic) bond motifs is 1. The number of carbonyl (C=O) groups is 1. The Morgan fingerprint density at radius 3 is 3.07 bits per heavy atom. The number of anilines is 2. The summed E-state index contributed by atoms with van der Waals surface area (Å²) >= 11 is 3.63. The molecule has 4 heterocycles. The van der Waals surface area contributed by atoms with Crippen molar-refractivity contribution in [1.82, 2.24) is 15.0 Å². The number of hydrogen-bond acceptors (Lipinski definition) is 6. The Bertz CT molecular complexity index is 1040. The van der Waals surface area contributed by atoms with E-state index in [0.717, 1.165) is 41.5 Å². The average Bonchev–Trinajstić information content (AvgIpc) is 3.11. The van der Waals surface area contributed by atoms with E-state index in [1.807, 2.05) is 6.07 Å². The Labute approximate surface area is 189 Å². The summed E-state index contributed by atoms with van der Waals surface area (Å²) in [5.41, 5.74) is 9.58. The van der Waals surface area contributed by atoms with Crippen LogP contribution in [0.3, 0.4) is 0 Å². The molecule has 3 aromatic rings. The lowest BCUT2D eigenvalue weighted by Gasteiger charge is -2.33. The van der Waals surface area contributed by atoms with E-state index in [2.05, 4.69) is 41.1 Å². The molecule has 1 fully saturated rings. The van der Waals surface area contributed by atoms with E-state index in [4.69, 9.17) is 10.5 Å². The zero-order valence-corrected chi connectivity index (χ0v) is 18.9. The number of halogens is 2. The first-order valence-corrected chi connectivity index (χ1v) is 10.3. The van der Waals surface area contributed by atoms with Crippen LogP contribution < -0.4 is 16.0 Å². The minimum Gasteiger partial charge on any atom is -0.378 e. The predicted octanol–water partition coefficient (Wildman–Crippen LogP) is 3.47. The number of aromatic amines is 1. The third-order valence-electron chi connectivity index (χ3n) is 4.98. The van der Waals surface area contributed by atoms with Crippen LogP contribution in [0.4, 0.5) is 11.4 Å². The van der Waals surface area contributed by atoms with Crippen molar-refractivity contribution in [2.24, 2.45) is 5.73 Å². The highest BCUT2D eigenvalue weighted by atomic mass is 79.9. The molecule has 0 radical (unpaired) electrons. The molecule has 30 heavy (non-hydrogen) atoms. The molecule has 8 nitrogen and oxygen atoms in total. The zero-order chi connectivity index (χ0) is 20.4. The smallest absolute Gasteiger partial charge is 0.274 e. The summed E-state index contributed by atoms with van der Waals surface area (Å²) in [7, 11) is 1.60. The van der Waals surface area contributed by atoms with Crippen molar-refractivity contribution in [1.29, 1.82) is 0 Å². The van der Waals surface area contributed by atoms with Gasteiger partial charge in [-0.2, -0.15) is 0 Å². The first kappa shape index (κ1) is 22.5. The first-order valence-electron chi connectivity index (χ1n) is 9.49. The molecule has 1 saturated heterocycles. The van der Waals surface area contributed by atoms with Gasteiger partial charge in [0.2, 0.25) is 0 Å². The van der Waals surface area contributed by atoms with Crippen LogP contribution >= 0.6 is 28.3 Å². The topological polar surface area (TPSA) is 109 Å². The lowest BCUT2D eigenvalue weighted by Crippen LogP contribution is -2.43. The molecule has 4 N–H and O–H groups in total. The van der Waals surface area contributed by atoms with Crippen molar-refractivity contribution >= 4 is 56.7 Å². The quantitative estimate of drug-likeness (QED) is 0.500. The van der Waals surface area contributed by atoms with Crippen LogP contribution in [0.25, 0.3) is 11.0 Å². The van der Waals surface area contributed by atoms with Gasteiger partial charge in [0.05, 0.1) is 33.5 Å². The molecule has 0 aromatic carbocycles. The molecule has 10 heteroatoms. The SMILES string of the molecule is COCc1cccc(C(=O)Nc2c[nH]c3ncc(Br)c(N4CCC[C@@H](N)C4)c23)n1.Cl. The highest BCUT2D eigenvalue weighted by Crippen LogP contribution is 2.38. The van der Waals surface area contributed by atoms with Gasteiger partial charge >= 0.3 is 0 Å². The van der Waals surface area contributed by atoms with Crippen molar-refractivity contribution in [3.05, 3.63) is 46.5 Å². The number of H-pyrrole nitrogens is 1. The molecule has 4 rings (SSSR count). The van der Waals surface area contributed by atoms with Crippen LogP contribution in [0.5, 0.6) is 0 Å². The van der Waals surface area contributed by atoms with E-state index in [-0.39, 0.29) is 24.4 Å². The summed E-state index contributed by atoms with van der Waals surface area (Å²) in [5.74, 6) is -0.287. The van der Waals surface area contributed by atoms with Crippen molar-refractivity contribution in [2.75, 3.05) is 30.4 Å². The number of hydrogen-bond donors (Lipinski definition) is 3. The molecular formula is C20H24BrClN6O2. The summed E-state index contributed by atoms with van der Waals surface area (Å²) in [4.78, 5) is 27.1. The Hall–Kier alpha value is -2.20. The number of amides is 1. The number of piperidine rings is 1. The average molecular weight is 496 g/mol. The molecule has 0 spiro atoms. The van der Waals surface area contributed by atoms with Gasteiger partial charge in [-0.15, -0.1) is 12.4 Å². The number of aromatic nitrogens is 3. The van der Waals surface area contributed by atoms with E-state index in [0.29, 0.717) is 29.3 Å². The summed E-state index contributed by atoms with van der Waals surface area (Å²) in [6.07, 6.45) is 5.58. The van der Waals surface area contributed by atoms with Gasteiger partial charge in [-0.1, -0.05) is 6.07 Å². The fraction of sp³-hybridized carbons (Fsp3) is 0.350. The molecule has 1 atom stereocenters. The lowest BCUT2D eigenvalue weighted by molar-refractivity contribution is 0.102. The van der Waals surface area contributed by atoms with Crippen LogP contribution in [0.1, 0.15) is 29.0 Å². The molecule has 0 unspecified atom stereocenters. The minimum absolute atomic E-state index is 0. The van der Waals surface area contributed by atoms with E-state index < -0.39 is 0 Å². The molecule has 1 amide bonds. The second-order valence-corrected chi connectivity index (χ2v) is 7.98. The Balaban J connectivity index is 0.00000256. The maximum absolute atomic E-state index is 12.8. The second-order valence-electron chi connectivity index (χ2n) is 7.13. The molecule has 0 saturated carbocycles. The molecule has 3 aromatic heterocycles. The molecule has 160 valence electrons. The molecule has 1 aliphatic rings. The van der Waals surface area contributed by atoms with Gasteiger partial charge in [0.25, 0.3) is 5.91 Å². The normalized spacial score (nSPS) is 16.4. The van der Waals surface area contributed by atoms with Gasteiger partial charge in [-0.25, -0.2) is 9.97 Å².